The molecule has 0 radical (unpaired) electrons. The number of aliphatic carboxylic acids is 1. The van der Waals surface area contributed by atoms with Gasteiger partial charge >= 0.3 is 5.97 Å². The summed E-state index contributed by atoms with van der Waals surface area (Å²) in [5, 5.41) is 8.69. The number of carbonyl (C=O) groups is 2. The van der Waals surface area contributed by atoms with Crippen LogP contribution >= 0.6 is 11.8 Å². The van der Waals surface area contributed by atoms with Crippen molar-refractivity contribution in [3.8, 4) is 0 Å². The van der Waals surface area contributed by atoms with Gasteiger partial charge < -0.3 is 5.11 Å². The third kappa shape index (κ3) is 3.96. The lowest BCUT2D eigenvalue weighted by molar-refractivity contribution is -0.136. The molecule has 0 aliphatic rings. The van der Waals surface area contributed by atoms with Crippen LogP contribution in [0.15, 0.2) is 58.3 Å². The van der Waals surface area contributed by atoms with E-state index in [2.05, 4.69) is 0 Å². The number of carboxylic acid groups (broad SMARTS) is 1. The van der Waals surface area contributed by atoms with Crippen molar-refractivity contribution in [3.05, 3.63) is 59.7 Å². The summed E-state index contributed by atoms with van der Waals surface area (Å²) in [6.07, 6.45) is 0.855. The van der Waals surface area contributed by atoms with Gasteiger partial charge in [0.05, 0.1) is 6.42 Å². The summed E-state index contributed by atoms with van der Waals surface area (Å²) >= 11 is 1.57. The lowest BCUT2D eigenvalue weighted by Crippen LogP contribution is -1.99. The summed E-state index contributed by atoms with van der Waals surface area (Å²) in [5.74, 6) is -0.829. The maximum Gasteiger partial charge on any atom is 0.307 e. The van der Waals surface area contributed by atoms with Gasteiger partial charge in [-0.2, -0.15) is 0 Å². The average molecular weight is 272 g/mol. The Kier molecular flexibility index (Phi) is 4.36. The van der Waals surface area contributed by atoms with Crippen LogP contribution in [0.3, 0.4) is 0 Å². The zero-order valence-electron chi connectivity index (χ0n) is 10.1. The van der Waals surface area contributed by atoms with Gasteiger partial charge in [0.1, 0.15) is 6.29 Å². The van der Waals surface area contributed by atoms with Crippen LogP contribution in [0.2, 0.25) is 0 Å². The molecule has 0 amide bonds. The zero-order valence-corrected chi connectivity index (χ0v) is 10.9. The molecule has 0 heterocycles. The topological polar surface area (TPSA) is 54.4 Å². The maximum atomic E-state index is 10.6. The Morgan fingerprint density at radius 2 is 1.53 bits per heavy atom. The van der Waals surface area contributed by atoms with Gasteiger partial charge in [0.25, 0.3) is 0 Å². The van der Waals surface area contributed by atoms with E-state index in [1.807, 2.05) is 36.4 Å². The normalized spacial score (nSPS) is 10.1. The smallest absolute Gasteiger partial charge is 0.307 e. The third-order valence-corrected chi connectivity index (χ3v) is 3.55. The average Bonchev–Trinajstić information content (AvgIpc) is 2.41. The van der Waals surface area contributed by atoms with E-state index >= 15 is 0 Å². The lowest BCUT2D eigenvalue weighted by Gasteiger charge is -2.03. The number of aldehydes is 1. The Morgan fingerprint density at radius 3 is 2.00 bits per heavy atom. The fourth-order valence-corrected chi connectivity index (χ4v) is 2.42. The van der Waals surface area contributed by atoms with E-state index in [0.29, 0.717) is 5.56 Å². The summed E-state index contributed by atoms with van der Waals surface area (Å²) in [6.45, 7) is 0. The number of hydrogen-bond acceptors (Lipinski definition) is 3. The molecular weight excluding hydrogens is 260 g/mol. The minimum atomic E-state index is -0.829. The third-order valence-electron chi connectivity index (χ3n) is 2.53. The van der Waals surface area contributed by atoms with Gasteiger partial charge in [-0.25, -0.2) is 0 Å². The molecule has 0 fully saturated rings. The molecule has 0 aliphatic heterocycles. The predicted molar refractivity (Wildman–Crippen MR) is 73.7 cm³/mol. The number of hydrogen-bond donors (Lipinski definition) is 1. The Bertz CT molecular complexity index is 573. The lowest BCUT2D eigenvalue weighted by atomic mass is 10.2. The molecule has 0 atom stereocenters. The highest BCUT2D eigenvalue weighted by Crippen LogP contribution is 2.27. The van der Waals surface area contributed by atoms with E-state index < -0.39 is 5.97 Å². The van der Waals surface area contributed by atoms with E-state index in [4.69, 9.17) is 5.11 Å². The van der Waals surface area contributed by atoms with Gasteiger partial charge in [-0.05, 0) is 29.8 Å². The molecule has 0 saturated heterocycles. The van der Waals surface area contributed by atoms with Crippen molar-refractivity contribution in [3.63, 3.8) is 0 Å². The summed E-state index contributed by atoms with van der Waals surface area (Å²) in [7, 11) is 0. The standard InChI is InChI=1S/C15H12O3S/c16-10-12-3-7-14(8-4-12)19-13-5-1-11(2-6-13)9-15(17)18/h1-8,10H,9H2,(H,17,18). The molecule has 0 aliphatic carbocycles. The van der Waals surface area contributed by atoms with Gasteiger partial charge in [-0.1, -0.05) is 36.0 Å². The van der Waals surface area contributed by atoms with Gasteiger partial charge in [0, 0.05) is 15.4 Å². The van der Waals surface area contributed by atoms with Crippen molar-refractivity contribution in [2.45, 2.75) is 16.2 Å². The van der Waals surface area contributed by atoms with Crippen LogP contribution in [-0.2, 0) is 11.2 Å². The Labute approximate surface area is 115 Å². The molecule has 96 valence electrons. The van der Waals surface area contributed by atoms with Crippen LogP contribution in [0.1, 0.15) is 15.9 Å². The van der Waals surface area contributed by atoms with Crippen molar-refractivity contribution in [1.29, 1.82) is 0 Å². The van der Waals surface area contributed by atoms with Gasteiger partial charge in [0.2, 0.25) is 0 Å². The van der Waals surface area contributed by atoms with E-state index in [-0.39, 0.29) is 6.42 Å². The van der Waals surface area contributed by atoms with Crippen LogP contribution in [0, 0.1) is 0 Å². The molecule has 1 N–H and O–H groups in total. The highest BCUT2D eigenvalue weighted by Gasteiger charge is 2.01. The van der Waals surface area contributed by atoms with Gasteiger partial charge in [-0.3, -0.25) is 9.59 Å². The first-order valence-electron chi connectivity index (χ1n) is 5.71. The second kappa shape index (κ2) is 6.20. The van der Waals surface area contributed by atoms with E-state index in [1.54, 1.807) is 23.9 Å². The summed E-state index contributed by atoms with van der Waals surface area (Å²) in [6, 6.07) is 14.8. The molecule has 0 saturated carbocycles. The van der Waals surface area contributed by atoms with Gasteiger partial charge in [0.15, 0.2) is 0 Å². The molecule has 19 heavy (non-hydrogen) atoms. The first-order valence-corrected chi connectivity index (χ1v) is 6.53. The molecule has 3 nitrogen and oxygen atoms in total. The molecule has 2 aromatic rings. The second-order valence-corrected chi connectivity index (χ2v) is 5.15. The molecule has 4 heteroatoms. The Balaban J connectivity index is 2.05. The fraction of sp³-hybridized carbons (Fsp3) is 0.0667. The number of rotatable bonds is 5. The van der Waals surface area contributed by atoms with Crippen LogP contribution < -0.4 is 0 Å². The zero-order chi connectivity index (χ0) is 13.7. The first kappa shape index (κ1) is 13.4. The molecule has 2 rings (SSSR count). The van der Waals surface area contributed by atoms with E-state index in [0.717, 1.165) is 21.6 Å². The predicted octanol–water partition coefficient (Wildman–Crippen LogP) is 3.28. The fourth-order valence-electron chi connectivity index (χ4n) is 1.60. The second-order valence-electron chi connectivity index (χ2n) is 4.00. The molecule has 0 bridgehead atoms. The quantitative estimate of drug-likeness (QED) is 0.849. The van der Waals surface area contributed by atoms with Gasteiger partial charge in [-0.15, -0.1) is 0 Å². The SMILES string of the molecule is O=Cc1ccc(Sc2ccc(CC(=O)O)cc2)cc1. The Morgan fingerprint density at radius 1 is 1.00 bits per heavy atom. The van der Waals surface area contributed by atoms with Crippen molar-refractivity contribution in [2.24, 2.45) is 0 Å². The summed E-state index contributed by atoms with van der Waals surface area (Å²) < 4.78 is 0. The summed E-state index contributed by atoms with van der Waals surface area (Å²) in [5.41, 5.74) is 1.44. The molecule has 0 aromatic heterocycles. The number of carbonyl (C=O) groups excluding carboxylic acids is 1. The van der Waals surface area contributed by atoms with Crippen molar-refractivity contribution in [2.75, 3.05) is 0 Å². The largest absolute Gasteiger partial charge is 0.481 e. The van der Waals surface area contributed by atoms with Crippen LogP contribution in [0.5, 0.6) is 0 Å². The van der Waals surface area contributed by atoms with Crippen molar-refractivity contribution >= 4 is 24.0 Å². The van der Waals surface area contributed by atoms with E-state index in [1.165, 1.54) is 0 Å². The van der Waals surface area contributed by atoms with Crippen LogP contribution in [0.25, 0.3) is 0 Å². The van der Waals surface area contributed by atoms with Crippen LogP contribution in [0.4, 0.5) is 0 Å². The highest BCUT2D eigenvalue weighted by atomic mass is 32.2. The van der Waals surface area contributed by atoms with Crippen LogP contribution in [-0.4, -0.2) is 17.4 Å². The van der Waals surface area contributed by atoms with E-state index in [9.17, 15) is 9.59 Å². The Hall–Kier alpha value is -2.07. The van der Waals surface area contributed by atoms with Crippen molar-refractivity contribution in [1.82, 2.24) is 0 Å². The molecule has 0 unspecified atom stereocenters. The molecule has 2 aromatic carbocycles. The van der Waals surface area contributed by atoms with Crippen molar-refractivity contribution < 1.29 is 14.7 Å². The molecule has 0 spiro atoms. The minimum absolute atomic E-state index is 0.0407. The number of carboxylic acids is 1. The first-order chi connectivity index (χ1) is 9.17. The number of benzene rings is 2. The summed E-state index contributed by atoms with van der Waals surface area (Å²) in [4.78, 5) is 23.2. The maximum absolute atomic E-state index is 10.6. The monoisotopic (exact) mass is 272 g/mol. The molecular formula is C15H12O3S. The minimum Gasteiger partial charge on any atom is -0.481 e. The highest BCUT2D eigenvalue weighted by molar-refractivity contribution is 7.99.